The van der Waals surface area contributed by atoms with Gasteiger partial charge in [0.1, 0.15) is 11.6 Å². The molecule has 8 heteroatoms. The molecule has 1 N–H and O–H groups in total. The largest absolute Gasteiger partial charge is 0.248 e. The lowest BCUT2D eigenvalue weighted by molar-refractivity contribution is 0.394. The van der Waals surface area contributed by atoms with Gasteiger partial charge in [0.25, 0.3) is 0 Å². The highest BCUT2D eigenvalue weighted by atomic mass is 32.2. The van der Waals surface area contributed by atoms with Gasteiger partial charge in [0, 0.05) is 18.9 Å². The van der Waals surface area contributed by atoms with E-state index in [2.05, 4.69) is 14.8 Å². The lowest BCUT2D eigenvalue weighted by atomic mass is 10.1. The summed E-state index contributed by atoms with van der Waals surface area (Å²) in [5.74, 6) is 1.08. The van der Waals surface area contributed by atoms with E-state index < -0.39 is 15.8 Å². The number of aromatic nitrogens is 3. The van der Waals surface area contributed by atoms with Crippen LogP contribution in [0.3, 0.4) is 0 Å². The fourth-order valence-electron chi connectivity index (χ4n) is 2.53. The van der Waals surface area contributed by atoms with Gasteiger partial charge in [0.05, 0.1) is 11.4 Å². The Kier molecular flexibility index (Phi) is 3.96. The highest BCUT2D eigenvalue weighted by Gasteiger charge is 2.26. The van der Waals surface area contributed by atoms with Crippen LogP contribution in [0.2, 0.25) is 0 Å². The van der Waals surface area contributed by atoms with E-state index in [9.17, 15) is 12.8 Å². The number of fused-ring (bicyclic) bond motifs is 1. The SMILES string of the molecule is CCc1nc2n(n1)C[C@@H](NS(=O)(=O)c1cccc(F)c1)CC2. The van der Waals surface area contributed by atoms with Crippen molar-refractivity contribution < 1.29 is 12.8 Å². The van der Waals surface area contributed by atoms with Gasteiger partial charge in [-0.05, 0) is 24.6 Å². The Morgan fingerprint density at radius 3 is 3.00 bits per heavy atom. The average molecular weight is 324 g/mol. The fourth-order valence-corrected chi connectivity index (χ4v) is 3.82. The lowest BCUT2D eigenvalue weighted by Gasteiger charge is -2.23. The molecule has 0 saturated heterocycles. The molecule has 0 amide bonds. The molecule has 1 aromatic heterocycles. The van der Waals surface area contributed by atoms with Crippen LogP contribution in [-0.2, 0) is 29.4 Å². The molecule has 0 bridgehead atoms. The van der Waals surface area contributed by atoms with Crippen LogP contribution in [-0.4, -0.2) is 29.2 Å². The first-order valence-electron chi connectivity index (χ1n) is 7.18. The van der Waals surface area contributed by atoms with Gasteiger partial charge in [-0.1, -0.05) is 13.0 Å². The van der Waals surface area contributed by atoms with Crippen LogP contribution < -0.4 is 4.72 Å². The lowest BCUT2D eigenvalue weighted by Crippen LogP contribution is -2.41. The van der Waals surface area contributed by atoms with Crippen LogP contribution in [0.5, 0.6) is 0 Å². The van der Waals surface area contributed by atoms with Crippen molar-refractivity contribution in [2.24, 2.45) is 0 Å². The van der Waals surface area contributed by atoms with Gasteiger partial charge in [0.2, 0.25) is 10.0 Å². The molecule has 3 rings (SSSR count). The Morgan fingerprint density at radius 1 is 1.45 bits per heavy atom. The summed E-state index contributed by atoms with van der Waals surface area (Å²) in [5.41, 5.74) is 0. The van der Waals surface area contributed by atoms with Gasteiger partial charge in [-0.15, -0.1) is 0 Å². The predicted molar refractivity (Wildman–Crippen MR) is 78.2 cm³/mol. The highest BCUT2D eigenvalue weighted by molar-refractivity contribution is 7.89. The molecule has 22 heavy (non-hydrogen) atoms. The molecule has 0 radical (unpaired) electrons. The number of aryl methyl sites for hydroxylation is 2. The van der Waals surface area contributed by atoms with Crippen LogP contribution in [0.1, 0.15) is 25.0 Å². The summed E-state index contributed by atoms with van der Waals surface area (Å²) >= 11 is 0. The van der Waals surface area contributed by atoms with Gasteiger partial charge in [-0.2, -0.15) is 5.10 Å². The van der Waals surface area contributed by atoms with Crippen molar-refractivity contribution in [1.29, 1.82) is 0 Å². The second-order valence-corrected chi connectivity index (χ2v) is 7.01. The van der Waals surface area contributed by atoms with Crippen LogP contribution in [0.15, 0.2) is 29.2 Å². The molecule has 0 unspecified atom stereocenters. The molecule has 1 aromatic carbocycles. The summed E-state index contributed by atoms with van der Waals surface area (Å²) in [7, 11) is -3.74. The number of benzene rings is 1. The molecule has 0 fully saturated rings. The number of nitrogens with one attached hydrogen (secondary N) is 1. The molecule has 2 aromatic rings. The third-order valence-electron chi connectivity index (χ3n) is 3.65. The maximum Gasteiger partial charge on any atom is 0.240 e. The van der Waals surface area contributed by atoms with E-state index in [1.54, 1.807) is 4.68 Å². The Morgan fingerprint density at radius 2 is 2.27 bits per heavy atom. The quantitative estimate of drug-likeness (QED) is 0.919. The Hall–Kier alpha value is -1.80. The van der Waals surface area contributed by atoms with Crippen molar-refractivity contribution in [3.8, 4) is 0 Å². The minimum Gasteiger partial charge on any atom is -0.248 e. The summed E-state index contributed by atoms with van der Waals surface area (Å²) in [5, 5.41) is 4.35. The van der Waals surface area contributed by atoms with Crippen LogP contribution in [0.25, 0.3) is 0 Å². The number of nitrogens with zero attached hydrogens (tertiary/aromatic N) is 3. The number of halogens is 1. The van der Waals surface area contributed by atoms with Crippen molar-refractivity contribution in [3.05, 3.63) is 41.7 Å². The Bertz CT molecular complexity index is 788. The molecule has 6 nitrogen and oxygen atoms in total. The first-order chi connectivity index (χ1) is 10.5. The van der Waals surface area contributed by atoms with Gasteiger partial charge in [0.15, 0.2) is 5.82 Å². The molecule has 1 atom stereocenters. The van der Waals surface area contributed by atoms with Crippen LogP contribution in [0.4, 0.5) is 4.39 Å². The second-order valence-electron chi connectivity index (χ2n) is 5.29. The topological polar surface area (TPSA) is 76.9 Å². The van der Waals surface area contributed by atoms with E-state index in [0.717, 1.165) is 24.1 Å². The smallest absolute Gasteiger partial charge is 0.240 e. The molecule has 0 saturated carbocycles. The number of hydrogen-bond donors (Lipinski definition) is 1. The zero-order valence-corrected chi connectivity index (χ0v) is 13.0. The Labute approximate surface area is 128 Å². The number of rotatable bonds is 4. The molecule has 0 aliphatic carbocycles. The van der Waals surface area contributed by atoms with Gasteiger partial charge in [-0.25, -0.2) is 27.2 Å². The summed E-state index contributed by atoms with van der Waals surface area (Å²) < 4.78 is 42.2. The predicted octanol–water partition coefficient (Wildman–Crippen LogP) is 1.27. The normalized spacial score (nSPS) is 18.2. The third kappa shape index (κ3) is 3.02. The van der Waals surface area contributed by atoms with Crippen molar-refractivity contribution in [1.82, 2.24) is 19.5 Å². The van der Waals surface area contributed by atoms with E-state index in [-0.39, 0.29) is 10.9 Å². The summed E-state index contributed by atoms with van der Waals surface area (Å²) in [6.07, 6.45) is 2.07. The average Bonchev–Trinajstić information content (AvgIpc) is 2.89. The molecule has 2 heterocycles. The first kappa shape index (κ1) is 15.1. The van der Waals surface area contributed by atoms with Crippen molar-refractivity contribution >= 4 is 10.0 Å². The third-order valence-corrected chi connectivity index (χ3v) is 5.16. The second kappa shape index (κ2) is 5.77. The van der Waals surface area contributed by atoms with E-state index in [0.29, 0.717) is 19.4 Å². The summed E-state index contributed by atoms with van der Waals surface area (Å²) in [6, 6.07) is 4.72. The standard InChI is InChI=1S/C14H17FN4O2S/c1-2-13-16-14-7-6-11(9-19(14)17-13)18-22(20,21)12-5-3-4-10(15)8-12/h3-5,8,11,18H,2,6-7,9H2,1H3/t11-/m0/s1. The van der Waals surface area contributed by atoms with Gasteiger partial charge >= 0.3 is 0 Å². The number of sulfonamides is 1. The molecular weight excluding hydrogens is 307 g/mol. The maximum atomic E-state index is 13.2. The van der Waals surface area contributed by atoms with E-state index >= 15 is 0 Å². The summed E-state index contributed by atoms with van der Waals surface area (Å²) in [6.45, 7) is 2.42. The van der Waals surface area contributed by atoms with Crippen molar-refractivity contribution in [3.63, 3.8) is 0 Å². The molecule has 0 spiro atoms. The molecule has 118 valence electrons. The minimum absolute atomic E-state index is 0.0638. The van der Waals surface area contributed by atoms with Crippen molar-refractivity contribution in [2.75, 3.05) is 0 Å². The van der Waals surface area contributed by atoms with Crippen LogP contribution >= 0.6 is 0 Å². The zero-order valence-electron chi connectivity index (χ0n) is 12.2. The van der Waals surface area contributed by atoms with Gasteiger partial charge in [-0.3, -0.25) is 0 Å². The van der Waals surface area contributed by atoms with E-state index in [4.69, 9.17) is 0 Å². The monoisotopic (exact) mass is 324 g/mol. The first-order valence-corrected chi connectivity index (χ1v) is 8.67. The fraction of sp³-hybridized carbons (Fsp3) is 0.429. The molecular formula is C14H17FN4O2S. The van der Waals surface area contributed by atoms with E-state index in [1.807, 2.05) is 6.92 Å². The maximum absolute atomic E-state index is 13.2. The molecule has 1 aliphatic heterocycles. The van der Waals surface area contributed by atoms with Gasteiger partial charge < -0.3 is 0 Å². The number of hydrogen-bond acceptors (Lipinski definition) is 4. The Balaban J connectivity index is 1.76. The highest BCUT2D eigenvalue weighted by Crippen LogP contribution is 2.17. The summed E-state index contributed by atoms with van der Waals surface area (Å²) in [4.78, 5) is 4.33. The van der Waals surface area contributed by atoms with E-state index in [1.165, 1.54) is 18.2 Å². The van der Waals surface area contributed by atoms with Crippen molar-refractivity contribution in [2.45, 2.75) is 43.7 Å². The minimum atomic E-state index is -3.74. The van der Waals surface area contributed by atoms with Crippen LogP contribution in [0, 0.1) is 5.82 Å². The zero-order chi connectivity index (χ0) is 15.7. The molecule has 1 aliphatic rings.